The van der Waals surface area contributed by atoms with Crippen LogP contribution in [0.1, 0.15) is 19.3 Å². The van der Waals surface area contributed by atoms with Crippen LogP contribution in [0.3, 0.4) is 0 Å². The molecule has 2 aliphatic heterocycles. The number of hydrogen-bond acceptors (Lipinski definition) is 3. The smallest absolute Gasteiger partial charge is 0.237 e. The molecular formula is C11H18ClNO3. The first kappa shape index (κ1) is 12.1. The molecule has 2 saturated heterocycles. The Bertz CT molecular complexity index is 274. The number of halogens is 1. The average molecular weight is 248 g/mol. The van der Waals surface area contributed by atoms with Crippen molar-refractivity contribution in [3.63, 3.8) is 0 Å². The molecule has 2 aliphatic rings. The van der Waals surface area contributed by atoms with E-state index < -0.39 is 0 Å². The number of nitrogens with zero attached hydrogens (tertiary/aromatic N) is 1. The van der Waals surface area contributed by atoms with E-state index in [0.29, 0.717) is 6.54 Å². The predicted molar refractivity (Wildman–Crippen MR) is 60.6 cm³/mol. The molecule has 0 bridgehead atoms. The molecular weight excluding hydrogens is 230 g/mol. The lowest BCUT2D eigenvalue weighted by molar-refractivity contribution is -0.135. The van der Waals surface area contributed by atoms with Crippen molar-refractivity contribution >= 4 is 17.5 Å². The van der Waals surface area contributed by atoms with Crippen LogP contribution in [-0.2, 0) is 14.3 Å². The van der Waals surface area contributed by atoms with E-state index in [0.717, 1.165) is 32.4 Å². The van der Waals surface area contributed by atoms with E-state index in [-0.39, 0.29) is 23.5 Å². The van der Waals surface area contributed by atoms with Crippen molar-refractivity contribution < 1.29 is 14.3 Å². The summed E-state index contributed by atoms with van der Waals surface area (Å²) in [7, 11) is 1.74. The van der Waals surface area contributed by atoms with Crippen molar-refractivity contribution in [2.75, 3.05) is 32.7 Å². The lowest BCUT2D eigenvalue weighted by atomic mass is 9.91. The first-order valence-corrected chi connectivity index (χ1v) is 6.23. The predicted octanol–water partition coefficient (Wildman–Crippen LogP) is 1.02. The van der Waals surface area contributed by atoms with Gasteiger partial charge < -0.3 is 14.4 Å². The topological polar surface area (TPSA) is 38.8 Å². The molecule has 0 aromatic heterocycles. The monoisotopic (exact) mass is 247 g/mol. The van der Waals surface area contributed by atoms with E-state index in [4.69, 9.17) is 21.1 Å². The number of rotatable bonds is 2. The van der Waals surface area contributed by atoms with Crippen LogP contribution < -0.4 is 0 Å². The fourth-order valence-corrected chi connectivity index (χ4v) is 2.78. The van der Waals surface area contributed by atoms with Gasteiger partial charge in [0.15, 0.2) is 0 Å². The number of carbonyl (C=O) groups excluding carboxylic acids is 1. The number of hydrogen-bond donors (Lipinski definition) is 0. The van der Waals surface area contributed by atoms with Crippen molar-refractivity contribution in [2.45, 2.75) is 31.0 Å². The molecule has 2 heterocycles. The van der Waals surface area contributed by atoms with Crippen molar-refractivity contribution in [1.82, 2.24) is 4.90 Å². The van der Waals surface area contributed by atoms with E-state index >= 15 is 0 Å². The largest absolute Gasteiger partial charge is 0.381 e. The zero-order chi connectivity index (χ0) is 11.6. The molecule has 92 valence electrons. The van der Waals surface area contributed by atoms with Crippen LogP contribution in [0.15, 0.2) is 0 Å². The molecule has 0 saturated carbocycles. The van der Waals surface area contributed by atoms with Gasteiger partial charge in [-0.15, -0.1) is 11.6 Å². The van der Waals surface area contributed by atoms with Crippen LogP contribution in [0.25, 0.3) is 0 Å². The van der Waals surface area contributed by atoms with Gasteiger partial charge >= 0.3 is 0 Å². The first-order chi connectivity index (χ1) is 7.69. The number of amides is 1. The van der Waals surface area contributed by atoms with Crippen molar-refractivity contribution in [3.05, 3.63) is 0 Å². The Balaban J connectivity index is 1.97. The lowest BCUT2D eigenvalue weighted by Gasteiger charge is -2.37. The van der Waals surface area contributed by atoms with Gasteiger partial charge in [-0.3, -0.25) is 4.79 Å². The molecule has 1 spiro atoms. The number of likely N-dealkylation sites (tertiary alicyclic amines) is 1. The molecule has 0 radical (unpaired) electrons. The van der Waals surface area contributed by atoms with E-state index in [1.165, 1.54) is 0 Å². The molecule has 5 heteroatoms. The Morgan fingerprint density at radius 3 is 3.19 bits per heavy atom. The van der Waals surface area contributed by atoms with Gasteiger partial charge in [-0.1, -0.05) is 0 Å². The number of methoxy groups -OCH3 is 1. The third kappa shape index (κ3) is 2.34. The van der Waals surface area contributed by atoms with Gasteiger partial charge in [0.2, 0.25) is 5.91 Å². The Morgan fingerprint density at radius 1 is 1.69 bits per heavy atom. The van der Waals surface area contributed by atoms with E-state index in [1.54, 1.807) is 12.0 Å². The minimum atomic E-state index is -0.180. The van der Waals surface area contributed by atoms with Crippen molar-refractivity contribution in [3.8, 4) is 0 Å². The molecule has 0 unspecified atom stereocenters. The van der Waals surface area contributed by atoms with Crippen LogP contribution in [-0.4, -0.2) is 55.2 Å². The molecule has 2 fully saturated rings. The maximum atomic E-state index is 11.5. The molecule has 0 aromatic rings. The average Bonchev–Trinajstić information content (AvgIpc) is 2.72. The molecule has 4 nitrogen and oxygen atoms in total. The third-order valence-corrected chi connectivity index (χ3v) is 3.79. The summed E-state index contributed by atoms with van der Waals surface area (Å²) < 4.78 is 11.3. The van der Waals surface area contributed by atoms with E-state index in [9.17, 15) is 4.79 Å². The fourth-order valence-electron chi connectivity index (χ4n) is 2.61. The molecule has 0 aliphatic carbocycles. The van der Waals surface area contributed by atoms with Crippen molar-refractivity contribution in [2.24, 2.45) is 0 Å². The highest BCUT2D eigenvalue weighted by atomic mass is 35.5. The summed E-state index contributed by atoms with van der Waals surface area (Å²) in [6.45, 7) is 2.14. The number of ether oxygens (including phenoxy) is 2. The summed E-state index contributed by atoms with van der Waals surface area (Å²) in [5.41, 5.74) is -0.180. The second kappa shape index (κ2) is 4.90. The van der Waals surface area contributed by atoms with E-state index in [1.807, 2.05) is 0 Å². The number of carbonyl (C=O) groups is 1. The zero-order valence-corrected chi connectivity index (χ0v) is 10.3. The minimum absolute atomic E-state index is 0.00156. The Kier molecular flexibility index (Phi) is 3.72. The maximum absolute atomic E-state index is 11.5. The SMILES string of the molecule is CO[C@@H]1CCO[C@]2(CCN(C(=O)CCl)C2)C1. The normalized spacial score (nSPS) is 34.6. The van der Waals surface area contributed by atoms with Gasteiger partial charge in [0.05, 0.1) is 11.7 Å². The minimum Gasteiger partial charge on any atom is -0.381 e. The van der Waals surface area contributed by atoms with Crippen LogP contribution >= 0.6 is 11.6 Å². The fraction of sp³-hybridized carbons (Fsp3) is 0.909. The van der Waals surface area contributed by atoms with Crippen LogP contribution in [0.4, 0.5) is 0 Å². The molecule has 16 heavy (non-hydrogen) atoms. The molecule has 2 rings (SSSR count). The summed E-state index contributed by atoms with van der Waals surface area (Å²) in [6, 6.07) is 0. The summed E-state index contributed by atoms with van der Waals surface area (Å²) in [5, 5.41) is 0. The molecule has 2 atom stereocenters. The summed E-state index contributed by atoms with van der Waals surface area (Å²) in [4.78, 5) is 13.3. The second-order valence-corrected chi connectivity index (χ2v) is 4.85. The zero-order valence-electron chi connectivity index (χ0n) is 9.58. The summed E-state index contributed by atoms with van der Waals surface area (Å²) in [5.74, 6) is 0.0609. The second-order valence-electron chi connectivity index (χ2n) is 4.58. The van der Waals surface area contributed by atoms with E-state index in [2.05, 4.69) is 0 Å². The van der Waals surface area contributed by atoms with Gasteiger partial charge in [0.1, 0.15) is 5.88 Å². The third-order valence-electron chi connectivity index (χ3n) is 3.56. The standard InChI is InChI=1S/C11H18ClNO3/c1-15-9-2-5-16-11(6-9)3-4-13(8-11)10(14)7-12/h9H,2-8H2,1H3/t9-,11-/m1/s1. The first-order valence-electron chi connectivity index (χ1n) is 5.69. The molecule has 0 N–H and O–H groups in total. The highest BCUT2D eigenvalue weighted by molar-refractivity contribution is 6.27. The van der Waals surface area contributed by atoms with Gasteiger partial charge in [-0.05, 0) is 12.8 Å². The highest BCUT2D eigenvalue weighted by Crippen LogP contribution is 2.35. The van der Waals surface area contributed by atoms with Crippen molar-refractivity contribution in [1.29, 1.82) is 0 Å². The Morgan fingerprint density at radius 2 is 2.50 bits per heavy atom. The summed E-state index contributed by atoms with van der Waals surface area (Å²) in [6.07, 6.45) is 2.99. The quantitative estimate of drug-likeness (QED) is 0.684. The Hall–Kier alpha value is -0.320. The van der Waals surface area contributed by atoms with Gasteiger partial charge in [0, 0.05) is 33.2 Å². The van der Waals surface area contributed by atoms with Crippen LogP contribution in [0.5, 0.6) is 0 Å². The van der Waals surface area contributed by atoms with Crippen LogP contribution in [0, 0.1) is 0 Å². The maximum Gasteiger partial charge on any atom is 0.237 e. The molecule has 1 amide bonds. The number of alkyl halides is 1. The highest BCUT2D eigenvalue weighted by Gasteiger charge is 2.44. The molecule has 0 aromatic carbocycles. The summed E-state index contributed by atoms with van der Waals surface area (Å²) >= 11 is 5.56. The van der Waals surface area contributed by atoms with Crippen LogP contribution in [0.2, 0.25) is 0 Å². The Labute approximate surface area is 101 Å². The van der Waals surface area contributed by atoms with Gasteiger partial charge in [-0.25, -0.2) is 0 Å². The van der Waals surface area contributed by atoms with Gasteiger partial charge in [-0.2, -0.15) is 0 Å². The van der Waals surface area contributed by atoms with Gasteiger partial charge in [0.25, 0.3) is 0 Å². The lowest BCUT2D eigenvalue weighted by Crippen LogP contribution is -2.45.